The third-order valence-electron chi connectivity index (χ3n) is 8.48. The van der Waals surface area contributed by atoms with E-state index in [1.807, 2.05) is 6.07 Å². The van der Waals surface area contributed by atoms with Crippen LogP contribution >= 0.6 is 0 Å². The number of aromatic nitrogens is 1. The average Bonchev–Trinajstić information content (AvgIpc) is 3.24. The number of nitrogens with one attached hydrogen (secondary N) is 1. The number of unbranched alkanes of at least 4 members (excludes halogenated alkanes) is 2. The molecule has 0 aliphatic heterocycles. The van der Waals surface area contributed by atoms with Crippen LogP contribution < -0.4 is 10.1 Å². The number of benzene rings is 3. The minimum atomic E-state index is -0.00988. The second-order valence-electron chi connectivity index (χ2n) is 12.3. The Kier molecular flexibility index (Phi) is 8.03. The first-order chi connectivity index (χ1) is 19.3. The molecule has 1 heterocycles. The van der Waals surface area contributed by atoms with Gasteiger partial charge in [0.25, 0.3) is 0 Å². The van der Waals surface area contributed by atoms with Gasteiger partial charge in [-0.2, -0.15) is 0 Å². The number of anilines is 2. The molecule has 0 fully saturated rings. The summed E-state index contributed by atoms with van der Waals surface area (Å²) in [7, 11) is 1.78. The highest BCUT2D eigenvalue weighted by Gasteiger charge is 2.44. The monoisotopic (exact) mass is 532 g/mol. The number of pyridine rings is 1. The van der Waals surface area contributed by atoms with Gasteiger partial charge in [0, 0.05) is 27.9 Å². The van der Waals surface area contributed by atoms with Crippen LogP contribution in [0.5, 0.6) is 5.75 Å². The van der Waals surface area contributed by atoms with Crippen molar-refractivity contribution < 1.29 is 4.74 Å². The molecular formula is C37H44N2O. The maximum atomic E-state index is 5.96. The lowest BCUT2D eigenvalue weighted by atomic mass is 9.71. The van der Waals surface area contributed by atoms with Crippen LogP contribution in [0.3, 0.4) is 0 Å². The van der Waals surface area contributed by atoms with Gasteiger partial charge in [0.1, 0.15) is 5.75 Å². The van der Waals surface area contributed by atoms with Crippen LogP contribution in [0.25, 0.3) is 22.5 Å². The van der Waals surface area contributed by atoms with Gasteiger partial charge < -0.3 is 10.1 Å². The van der Waals surface area contributed by atoms with E-state index < -0.39 is 0 Å². The number of methoxy groups -OCH3 is 1. The second-order valence-corrected chi connectivity index (χ2v) is 12.3. The molecule has 3 nitrogen and oxygen atoms in total. The topological polar surface area (TPSA) is 34.2 Å². The lowest BCUT2D eigenvalue weighted by Crippen LogP contribution is -2.25. The van der Waals surface area contributed by atoms with Crippen LogP contribution in [-0.2, 0) is 10.8 Å². The first kappa shape index (κ1) is 28.0. The number of hydrogen-bond donors (Lipinski definition) is 1. The molecule has 208 valence electrons. The molecule has 5 rings (SSSR count). The van der Waals surface area contributed by atoms with Crippen LogP contribution in [0.4, 0.5) is 11.4 Å². The summed E-state index contributed by atoms with van der Waals surface area (Å²) in [5.41, 5.74) is 10.6. The van der Waals surface area contributed by atoms with Crippen LogP contribution in [0.15, 0.2) is 78.9 Å². The third-order valence-corrected chi connectivity index (χ3v) is 8.48. The number of hydrogen-bond acceptors (Lipinski definition) is 3. The fourth-order valence-electron chi connectivity index (χ4n) is 6.28. The summed E-state index contributed by atoms with van der Waals surface area (Å²) in [6.07, 6.45) is 7.05. The van der Waals surface area contributed by atoms with Crippen molar-refractivity contribution in [1.29, 1.82) is 0 Å². The Morgan fingerprint density at radius 2 is 1.50 bits per heavy atom. The molecule has 0 saturated carbocycles. The molecule has 1 N–H and O–H groups in total. The van der Waals surface area contributed by atoms with E-state index in [9.17, 15) is 0 Å². The smallest absolute Gasteiger partial charge is 0.128 e. The molecule has 0 bridgehead atoms. The number of nitrogens with zero attached hydrogens (tertiary/aromatic N) is 1. The summed E-state index contributed by atoms with van der Waals surface area (Å²) in [6, 6.07) is 28.4. The first-order valence-electron chi connectivity index (χ1n) is 15.0. The molecule has 3 heteroatoms. The number of fused-ring (bicyclic) bond motifs is 3. The average molecular weight is 533 g/mol. The summed E-state index contributed by atoms with van der Waals surface area (Å²) in [5.74, 6) is 0.924. The largest absolute Gasteiger partial charge is 0.496 e. The number of ether oxygens (including phenoxy) is 1. The molecule has 0 spiro atoms. The maximum Gasteiger partial charge on any atom is 0.128 e. The highest BCUT2D eigenvalue weighted by molar-refractivity contribution is 5.85. The SMILES string of the molecule is CCCCC1(CCCC)c2ccc(-c3cc(Nc4ccccc4)cc(C(C)(C)C)c3)nc2-c2c(OC)cccc21. The van der Waals surface area contributed by atoms with Gasteiger partial charge in [0.15, 0.2) is 0 Å². The molecule has 1 aliphatic rings. The van der Waals surface area contributed by atoms with Gasteiger partial charge in [-0.15, -0.1) is 0 Å². The summed E-state index contributed by atoms with van der Waals surface area (Å²) in [6.45, 7) is 11.4. The highest BCUT2D eigenvalue weighted by atomic mass is 16.5. The van der Waals surface area contributed by atoms with Crippen LogP contribution in [0.1, 0.15) is 89.8 Å². The molecule has 1 aliphatic carbocycles. The van der Waals surface area contributed by atoms with Gasteiger partial charge in [-0.05, 0) is 77.4 Å². The van der Waals surface area contributed by atoms with Crippen molar-refractivity contribution in [2.24, 2.45) is 0 Å². The Morgan fingerprint density at radius 3 is 2.15 bits per heavy atom. The molecule has 1 aromatic heterocycles. The quantitative estimate of drug-likeness (QED) is 0.221. The lowest BCUT2D eigenvalue weighted by Gasteiger charge is -2.32. The van der Waals surface area contributed by atoms with E-state index in [4.69, 9.17) is 9.72 Å². The molecule has 0 radical (unpaired) electrons. The summed E-state index contributed by atoms with van der Waals surface area (Å²) in [4.78, 5) is 5.45. The Morgan fingerprint density at radius 1 is 0.775 bits per heavy atom. The van der Waals surface area contributed by atoms with Crippen LogP contribution in [0.2, 0.25) is 0 Å². The zero-order valence-electron chi connectivity index (χ0n) is 25.1. The first-order valence-corrected chi connectivity index (χ1v) is 15.0. The molecule has 40 heavy (non-hydrogen) atoms. The van der Waals surface area contributed by atoms with Gasteiger partial charge in [0.05, 0.1) is 18.5 Å². The Bertz CT molecular complexity index is 1460. The zero-order valence-corrected chi connectivity index (χ0v) is 25.1. The van der Waals surface area contributed by atoms with E-state index in [2.05, 4.69) is 113 Å². The van der Waals surface area contributed by atoms with Crippen molar-refractivity contribution in [3.63, 3.8) is 0 Å². The van der Waals surface area contributed by atoms with Crippen molar-refractivity contribution in [2.75, 3.05) is 12.4 Å². The van der Waals surface area contributed by atoms with Crippen molar-refractivity contribution in [3.8, 4) is 28.3 Å². The Balaban J connectivity index is 1.68. The molecule has 0 unspecified atom stereocenters. The highest BCUT2D eigenvalue weighted by Crippen LogP contribution is 2.56. The van der Waals surface area contributed by atoms with Crippen molar-refractivity contribution >= 4 is 11.4 Å². The molecule has 0 atom stereocenters. The predicted molar refractivity (Wildman–Crippen MR) is 170 cm³/mol. The van der Waals surface area contributed by atoms with Crippen molar-refractivity contribution in [3.05, 3.63) is 95.6 Å². The standard InChI is InChI=1S/C37H44N2O/c1-7-9-21-37(22-10-8-2)30-17-14-18-33(40-6)34(30)35-31(37)19-20-32(39-35)26-23-27(36(3,4)5)25-29(24-26)38-28-15-12-11-13-16-28/h11-20,23-25,38H,7-10,21-22H2,1-6H3. The molecular weight excluding hydrogens is 488 g/mol. The van der Waals surface area contributed by atoms with Gasteiger partial charge in [-0.25, -0.2) is 4.98 Å². The van der Waals surface area contributed by atoms with E-state index in [-0.39, 0.29) is 10.8 Å². The maximum absolute atomic E-state index is 5.96. The van der Waals surface area contributed by atoms with Crippen molar-refractivity contribution in [1.82, 2.24) is 4.98 Å². The lowest BCUT2D eigenvalue weighted by molar-refractivity contribution is 0.405. The number of rotatable bonds is 10. The van der Waals surface area contributed by atoms with E-state index in [0.29, 0.717) is 0 Å². The number of para-hydroxylation sites is 1. The van der Waals surface area contributed by atoms with Crippen molar-refractivity contribution in [2.45, 2.75) is 84.0 Å². The van der Waals surface area contributed by atoms with E-state index in [1.54, 1.807) is 7.11 Å². The summed E-state index contributed by atoms with van der Waals surface area (Å²) >= 11 is 0. The summed E-state index contributed by atoms with van der Waals surface area (Å²) in [5, 5.41) is 3.62. The van der Waals surface area contributed by atoms with E-state index in [1.165, 1.54) is 47.9 Å². The Hall–Kier alpha value is -3.59. The fraction of sp³-hybridized carbons (Fsp3) is 0.378. The Labute approximate surface area is 241 Å². The minimum Gasteiger partial charge on any atom is -0.496 e. The van der Waals surface area contributed by atoms with Crippen LogP contribution in [0, 0.1) is 0 Å². The van der Waals surface area contributed by atoms with Gasteiger partial charge >= 0.3 is 0 Å². The molecule has 0 saturated heterocycles. The van der Waals surface area contributed by atoms with Gasteiger partial charge in [-0.3, -0.25) is 0 Å². The zero-order chi connectivity index (χ0) is 28.3. The second kappa shape index (κ2) is 11.5. The van der Waals surface area contributed by atoms with Crippen LogP contribution in [-0.4, -0.2) is 12.1 Å². The predicted octanol–water partition coefficient (Wildman–Crippen LogP) is 10.4. The van der Waals surface area contributed by atoms with E-state index in [0.717, 1.165) is 46.9 Å². The fourth-order valence-corrected chi connectivity index (χ4v) is 6.28. The van der Waals surface area contributed by atoms with E-state index >= 15 is 0 Å². The molecule has 4 aromatic rings. The minimum absolute atomic E-state index is 0.00509. The molecule has 3 aromatic carbocycles. The normalized spacial score (nSPS) is 13.6. The summed E-state index contributed by atoms with van der Waals surface area (Å²) < 4.78 is 5.96. The third kappa shape index (κ3) is 5.27. The van der Waals surface area contributed by atoms with Gasteiger partial charge in [0.2, 0.25) is 0 Å². The molecule has 0 amide bonds. The van der Waals surface area contributed by atoms with Gasteiger partial charge in [-0.1, -0.05) is 96.7 Å².